The number of hydrogen-bond donors (Lipinski definition) is 2. The zero-order valence-electron chi connectivity index (χ0n) is 15.6. The summed E-state index contributed by atoms with van der Waals surface area (Å²) in [6.07, 6.45) is 1.86. The molecule has 144 valence electrons. The average molecular weight is 473 g/mol. The molecule has 0 saturated heterocycles. The van der Waals surface area contributed by atoms with E-state index < -0.39 is 0 Å². The minimum Gasteiger partial charge on any atom is -0.382 e. The van der Waals surface area contributed by atoms with Crippen LogP contribution in [0.25, 0.3) is 11.3 Å². The molecule has 0 radical (unpaired) electrons. The second-order valence-corrected chi connectivity index (χ2v) is 5.54. The molecule has 8 heteroatoms. The quantitative estimate of drug-likeness (QED) is 0.253. The average Bonchev–Trinajstić information content (AvgIpc) is 3.10. The smallest absolute Gasteiger partial charge is 0.193 e. The third kappa shape index (κ3) is 7.30. The molecule has 0 atom stereocenters. The number of aromatic nitrogens is 2. The van der Waals surface area contributed by atoms with Gasteiger partial charge in [0, 0.05) is 27.7 Å². The number of aromatic amines is 1. The largest absolute Gasteiger partial charge is 0.382 e. The standard InChI is InChI=1S/C18H27N5O2.HI/c1-19-18(20-9-10-25-12-11-24-3)23(2)14-17-21-13-16(22-17)15-7-5-4-6-8-15;/h4-8,13H,9-12,14H2,1-3H3,(H,19,20)(H,21,22);1H. The van der Waals surface area contributed by atoms with Crippen LogP contribution in [-0.2, 0) is 16.0 Å². The lowest BCUT2D eigenvalue weighted by Gasteiger charge is -2.21. The van der Waals surface area contributed by atoms with Crippen LogP contribution in [0.4, 0.5) is 0 Å². The molecule has 0 amide bonds. The van der Waals surface area contributed by atoms with Crippen LogP contribution in [0.3, 0.4) is 0 Å². The van der Waals surface area contributed by atoms with Crippen molar-refractivity contribution in [1.82, 2.24) is 20.2 Å². The summed E-state index contributed by atoms with van der Waals surface area (Å²) in [4.78, 5) is 14.1. The Labute approximate surface area is 172 Å². The summed E-state index contributed by atoms with van der Waals surface area (Å²) in [5.41, 5.74) is 2.14. The van der Waals surface area contributed by atoms with Crippen LogP contribution in [0.2, 0.25) is 0 Å². The van der Waals surface area contributed by atoms with Gasteiger partial charge in [-0.1, -0.05) is 30.3 Å². The van der Waals surface area contributed by atoms with Gasteiger partial charge < -0.3 is 24.7 Å². The molecule has 1 aromatic carbocycles. The normalized spacial score (nSPS) is 11.1. The molecule has 0 spiro atoms. The van der Waals surface area contributed by atoms with Crippen molar-refractivity contribution < 1.29 is 9.47 Å². The number of halogens is 1. The van der Waals surface area contributed by atoms with E-state index in [4.69, 9.17) is 9.47 Å². The first-order chi connectivity index (χ1) is 12.2. The number of methoxy groups -OCH3 is 1. The molecule has 26 heavy (non-hydrogen) atoms. The van der Waals surface area contributed by atoms with Crippen molar-refractivity contribution >= 4 is 29.9 Å². The highest BCUT2D eigenvalue weighted by molar-refractivity contribution is 14.0. The topological polar surface area (TPSA) is 74.8 Å². The maximum absolute atomic E-state index is 5.44. The SMILES string of the molecule is CN=C(NCCOCCOC)N(C)Cc1ncc(-c2ccccc2)[nH]1.I. The number of aliphatic imine (C=N–C) groups is 1. The summed E-state index contributed by atoms with van der Waals surface area (Å²) < 4.78 is 10.4. The molecule has 0 bridgehead atoms. The van der Waals surface area contributed by atoms with Gasteiger partial charge in [-0.3, -0.25) is 4.99 Å². The van der Waals surface area contributed by atoms with Crippen LogP contribution < -0.4 is 5.32 Å². The lowest BCUT2D eigenvalue weighted by atomic mass is 10.2. The van der Waals surface area contributed by atoms with E-state index in [0.29, 0.717) is 32.9 Å². The third-order valence-electron chi connectivity index (χ3n) is 3.63. The third-order valence-corrected chi connectivity index (χ3v) is 3.63. The molecule has 0 aliphatic carbocycles. The molecule has 1 aromatic heterocycles. The Morgan fingerprint density at radius 1 is 1.23 bits per heavy atom. The van der Waals surface area contributed by atoms with Crippen LogP contribution in [0.5, 0.6) is 0 Å². The first kappa shape index (κ1) is 22.4. The first-order valence-corrected chi connectivity index (χ1v) is 8.32. The fraction of sp³-hybridized carbons (Fsp3) is 0.444. The molecule has 0 saturated carbocycles. The van der Waals surface area contributed by atoms with E-state index in [-0.39, 0.29) is 24.0 Å². The van der Waals surface area contributed by atoms with Crippen LogP contribution in [0.15, 0.2) is 41.5 Å². The van der Waals surface area contributed by atoms with Crippen molar-refractivity contribution in [3.8, 4) is 11.3 Å². The van der Waals surface area contributed by atoms with Gasteiger partial charge in [0.15, 0.2) is 5.96 Å². The van der Waals surface area contributed by atoms with Crippen molar-refractivity contribution in [1.29, 1.82) is 0 Å². The second-order valence-electron chi connectivity index (χ2n) is 5.54. The van der Waals surface area contributed by atoms with E-state index >= 15 is 0 Å². The van der Waals surface area contributed by atoms with Crippen molar-refractivity contribution in [2.75, 3.05) is 47.6 Å². The van der Waals surface area contributed by atoms with Crippen LogP contribution in [0, 0.1) is 0 Å². The van der Waals surface area contributed by atoms with Gasteiger partial charge in [0.05, 0.1) is 38.3 Å². The molecule has 2 aromatic rings. The predicted molar refractivity (Wildman–Crippen MR) is 115 cm³/mol. The van der Waals surface area contributed by atoms with Crippen LogP contribution >= 0.6 is 24.0 Å². The number of imidazole rings is 1. The highest BCUT2D eigenvalue weighted by Crippen LogP contribution is 2.16. The minimum atomic E-state index is 0. The maximum atomic E-state index is 5.44. The van der Waals surface area contributed by atoms with Crippen LogP contribution in [-0.4, -0.2) is 68.4 Å². The number of benzene rings is 1. The van der Waals surface area contributed by atoms with E-state index in [2.05, 4.69) is 32.4 Å². The Hall–Kier alpha value is -1.65. The summed E-state index contributed by atoms with van der Waals surface area (Å²) in [6.45, 7) is 3.14. The summed E-state index contributed by atoms with van der Waals surface area (Å²) in [6, 6.07) is 10.2. The summed E-state index contributed by atoms with van der Waals surface area (Å²) >= 11 is 0. The summed E-state index contributed by atoms with van der Waals surface area (Å²) in [5.74, 6) is 1.69. The number of hydrogen-bond acceptors (Lipinski definition) is 4. The van der Waals surface area contributed by atoms with Crippen molar-refractivity contribution in [3.05, 3.63) is 42.4 Å². The molecular weight excluding hydrogens is 445 g/mol. The second kappa shape index (κ2) is 12.7. The van der Waals surface area contributed by atoms with Gasteiger partial charge in [-0.25, -0.2) is 4.98 Å². The van der Waals surface area contributed by atoms with Gasteiger partial charge in [-0.2, -0.15) is 0 Å². The van der Waals surface area contributed by atoms with E-state index in [1.165, 1.54) is 0 Å². The van der Waals surface area contributed by atoms with E-state index in [1.54, 1.807) is 14.2 Å². The van der Waals surface area contributed by atoms with Gasteiger partial charge in [-0.05, 0) is 5.56 Å². The predicted octanol–water partition coefficient (Wildman–Crippen LogP) is 2.36. The number of H-pyrrole nitrogens is 1. The zero-order valence-corrected chi connectivity index (χ0v) is 17.9. The monoisotopic (exact) mass is 473 g/mol. The van der Waals surface area contributed by atoms with Crippen molar-refractivity contribution in [2.45, 2.75) is 6.54 Å². The lowest BCUT2D eigenvalue weighted by molar-refractivity contribution is 0.0731. The molecule has 2 rings (SSSR count). The summed E-state index contributed by atoms with van der Waals surface area (Å²) in [7, 11) is 5.41. The van der Waals surface area contributed by atoms with Crippen LogP contribution in [0.1, 0.15) is 5.82 Å². The Balaban J connectivity index is 0.00000338. The van der Waals surface area contributed by atoms with Gasteiger partial charge >= 0.3 is 0 Å². The molecular formula is C18H28IN5O2. The highest BCUT2D eigenvalue weighted by Gasteiger charge is 2.09. The van der Waals surface area contributed by atoms with Gasteiger partial charge in [0.25, 0.3) is 0 Å². The fourth-order valence-corrected chi connectivity index (χ4v) is 2.37. The summed E-state index contributed by atoms with van der Waals surface area (Å²) in [5, 5.41) is 3.27. The number of guanidine groups is 1. The maximum Gasteiger partial charge on any atom is 0.193 e. The Kier molecular flexibility index (Phi) is 10.9. The molecule has 0 fully saturated rings. The van der Waals surface area contributed by atoms with Gasteiger partial charge in [-0.15, -0.1) is 24.0 Å². The van der Waals surface area contributed by atoms with Gasteiger partial charge in [0.1, 0.15) is 5.82 Å². The number of rotatable bonds is 9. The van der Waals surface area contributed by atoms with Crippen molar-refractivity contribution in [2.24, 2.45) is 4.99 Å². The first-order valence-electron chi connectivity index (χ1n) is 8.32. The van der Waals surface area contributed by atoms with Gasteiger partial charge in [0.2, 0.25) is 0 Å². The molecule has 1 heterocycles. The highest BCUT2D eigenvalue weighted by atomic mass is 127. The number of nitrogens with one attached hydrogen (secondary N) is 2. The zero-order chi connectivity index (χ0) is 17.9. The van der Waals surface area contributed by atoms with E-state index in [0.717, 1.165) is 23.0 Å². The fourth-order valence-electron chi connectivity index (χ4n) is 2.37. The molecule has 0 unspecified atom stereocenters. The molecule has 0 aliphatic heterocycles. The van der Waals surface area contributed by atoms with E-state index in [1.807, 2.05) is 36.3 Å². The Morgan fingerprint density at radius 2 is 2.00 bits per heavy atom. The molecule has 2 N–H and O–H groups in total. The number of nitrogens with zero attached hydrogens (tertiary/aromatic N) is 3. The van der Waals surface area contributed by atoms with E-state index in [9.17, 15) is 0 Å². The van der Waals surface area contributed by atoms with Crippen molar-refractivity contribution in [3.63, 3.8) is 0 Å². The minimum absolute atomic E-state index is 0. The number of ether oxygens (including phenoxy) is 2. The Morgan fingerprint density at radius 3 is 2.69 bits per heavy atom. The lowest BCUT2D eigenvalue weighted by Crippen LogP contribution is -2.40. The molecule has 0 aliphatic rings. The molecule has 7 nitrogen and oxygen atoms in total. The Bertz CT molecular complexity index is 648.